The molecule has 0 fully saturated rings. The summed E-state index contributed by atoms with van der Waals surface area (Å²) in [7, 11) is 0. The lowest BCUT2D eigenvalue weighted by molar-refractivity contribution is 0.669. The van der Waals surface area contributed by atoms with E-state index in [4.69, 9.17) is 18.1 Å². The molecular formula is C54H34N2O. The molecule has 12 rings (SSSR count). The van der Waals surface area contributed by atoms with E-state index in [2.05, 4.69) is 57.7 Å². The smallest absolute Gasteiger partial charge is 0.135 e. The molecule has 0 N–H and O–H groups in total. The molecule has 0 unspecified atom stereocenters. The summed E-state index contributed by atoms with van der Waals surface area (Å²) in [4.78, 5) is 0. The van der Waals surface area contributed by atoms with Crippen LogP contribution in [0, 0.1) is 0 Å². The van der Waals surface area contributed by atoms with Crippen LogP contribution in [0.25, 0.3) is 110 Å². The number of aromatic nitrogens is 2. The highest BCUT2D eigenvalue weighted by Crippen LogP contribution is 2.46. The van der Waals surface area contributed by atoms with Crippen LogP contribution in [0.4, 0.5) is 0 Å². The highest BCUT2D eigenvalue weighted by Gasteiger charge is 2.22. The molecule has 3 aromatic heterocycles. The lowest BCUT2D eigenvalue weighted by Crippen LogP contribution is -1.96. The van der Waals surface area contributed by atoms with Crippen molar-refractivity contribution in [2.75, 3.05) is 0 Å². The Morgan fingerprint density at radius 1 is 0.368 bits per heavy atom. The fourth-order valence-corrected chi connectivity index (χ4v) is 8.77. The van der Waals surface area contributed by atoms with E-state index in [-0.39, 0.29) is 22.3 Å². The average Bonchev–Trinajstić information content (AvgIpc) is 4.01. The summed E-state index contributed by atoms with van der Waals surface area (Å²) in [5.74, 6) is 0. The number of furan rings is 1. The Labute approximate surface area is 342 Å². The molecule has 0 aliphatic carbocycles. The number of nitrogens with zero attached hydrogens (tertiary/aromatic N) is 2. The topological polar surface area (TPSA) is 23.0 Å². The molecular weight excluding hydrogens is 693 g/mol. The van der Waals surface area contributed by atoms with Crippen molar-refractivity contribution in [1.29, 1.82) is 0 Å². The number of hydrogen-bond donors (Lipinski definition) is 0. The van der Waals surface area contributed by atoms with Gasteiger partial charge >= 0.3 is 0 Å². The molecule has 0 spiro atoms. The Balaban J connectivity index is 1.15. The molecule has 0 saturated heterocycles. The Hall–Kier alpha value is -7.62. The van der Waals surface area contributed by atoms with Crippen LogP contribution in [0.2, 0.25) is 0 Å². The second-order valence-electron chi connectivity index (χ2n) is 14.1. The zero-order valence-corrected chi connectivity index (χ0v) is 30.2. The minimum Gasteiger partial charge on any atom is -0.456 e. The number of benzene rings is 9. The standard InChI is InChI=1S/C54H34N2O/c1-3-15-35(16-4-1)39-22-13-23-40(36-17-5-2-6-18-36)53(39)44-24-14-27-50-54(44)43-21-8-11-26-48(43)56(50)37-29-31-49-45(33-37)41-19-7-10-25-47(41)55(49)38-30-32-52-46(34-38)42-20-9-12-28-51(42)57-52/h1-34H/i1D,2D,3D,4D,5D,6D,15D,16D,17D,18D. The van der Waals surface area contributed by atoms with Gasteiger partial charge in [-0.25, -0.2) is 0 Å². The van der Waals surface area contributed by atoms with Crippen LogP contribution in [0.3, 0.4) is 0 Å². The SMILES string of the molecule is [2H]c1c([2H])c([2H])c(-c2cccc(-c3c([2H])c([2H])c([2H])c([2H])c3[2H])c2-c2cccc3c2c2ccccc2n3-c2ccc3c(c2)c2ccccc2n3-c2ccc3oc4ccccc4c3c2)c([2H])c1[2H]. The maximum atomic E-state index is 9.10. The van der Waals surface area contributed by atoms with E-state index >= 15 is 0 Å². The summed E-state index contributed by atoms with van der Waals surface area (Å²) in [6.07, 6.45) is 0. The van der Waals surface area contributed by atoms with Crippen LogP contribution in [0.15, 0.2) is 210 Å². The largest absolute Gasteiger partial charge is 0.456 e. The Bertz CT molecular complexity index is 3980. The quantitative estimate of drug-likeness (QED) is 0.173. The van der Waals surface area contributed by atoms with Gasteiger partial charge in [-0.1, -0.05) is 145 Å². The van der Waals surface area contributed by atoms with Gasteiger partial charge in [0.15, 0.2) is 0 Å². The first kappa shape index (κ1) is 23.3. The van der Waals surface area contributed by atoms with Gasteiger partial charge in [-0.05, 0) is 94.0 Å². The third-order valence-electron chi connectivity index (χ3n) is 11.1. The molecule has 9 aromatic carbocycles. The van der Waals surface area contributed by atoms with Crippen LogP contribution in [-0.4, -0.2) is 9.13 Å². The first-order valence-corrected chi connectivity index (χ1v) is 18.7. The molecule has 0 amide bonds. The second-order valence-corrected chi connectivity index (χ2v) is 14.1. The molecule has 12 aromatic rings. The summed E-state index contributed by atoms with van der Waals surface area (Å²) >= 11 is 0. The molecule has 0 radical (unpaired) electrons. The van der Waals surface area contributed by atoms with Gasteiger partial charge in [0.25, 0.3) is 0 Å². The fraction of sp³-hybridized carbons (Fsp3) is 0. The van der Waals surface area contributed by atoms with Crippen molar-refractivity contribution in [3.8, 4) is 44.8 Å². The normalized spacial score (nSPS) is 14.3. The summed E-state index contributed by atoms with van der Waals surface area (Å²) < 4.78 is 98.3. The van der Waals surface area contributed by atoms with Gasteiger partial charge in [0, 0.05) is 43.7 Å². The van der Waals surface area contributed by atoms with Gasteiger partial charge in [-0.2, -0.15) is 0 Å². The lowest BCUT2D eigenvalue weighted by Gasteiger charge is -2.18. The third-order valence-corrected chi connectivity index (χ3v) is 11.1. The molecule has 3 heteroatoms. The van der Waals surface area contributed by atoms with Crippen molar-refractivity contribution >= 4 is 65.6 Å². The maximum absolute atomic E-state index is 9.10. The van der Waals surface area contributed by atoms with E-state index in [1.807, 2.05) is 78.9 Å². The summed E-state index contributed by atoms with van der Waals surface area (Å²) in [5, 5.41) is 5.77. The van der Waals surface area contributed by atoms with E-state index in [0.29, 0.717) is 11.1 Å². The van der Waals surface area contributed by atoms with Crippen LogP contribution in [0.1, 0.15) is 13.7 Å². The molecule has 0 bridgehead atoms. The van der Waals surface area contributed by atoms with Crippen LogP contribution in [0.5, 0.6) is 0 Å². The van der Waals surface area contributed by atoms with Crippen molar-refractivity contribution in [2.24, 2.45) is 0 Å². The van der Waals surface area contributed by atoms with Gasteiger partial charge in [0.2, 0.25) is 0 Å². The van der Waals surface area contributed by atoms with Crippen LogP contribution in [-0.2, 0) is 0 Å². The molecule has 0 saturated carbocycles. The molecule has 0 aliphatic rings. The van der Waals surface area contributed by atoms with Gasteiger partial charge < -0.3 is 13.6 Å². The minimum absolute atomic E-state index is 0.0714. The second kappa shape index (κ2) is 12.5. The monoisotopic (exact) mass is 736 g/mol. The Kier molecular flexibility index (Phi) is 5.10. The highest BCUT2D eigenvalue weighted by atomic mass is 16.3. The number of para-hydroxylation sites is 3. The lowest BCUT2D eigenvalue weighted by atomic mass is 9.86. The maximum Gasteiger partial charge on any atom is 0.135 e. The molecule has 57 heavy (non-hydrogen) atoms. The first-order valence-electron chi connectivity index (χ1n) is 23.7. The van der Waals surface area contributed by atoms with Crippen molar-refractivity contribution in [3.63, 3.8) is 0 Å². The average molecular weight is 737 g/mol. The minimum atomic E-state index is -0.542. The summed E-state index contributed by atoms with van der Waals surface area (Å²) in [5.41, 5.74) is 8.52. The zero-order valence-electron chi connectivity index (χ0n) is 40.2. The number of fused-ring (bicyclic) bond motifs is 9. The fourth-order valence-electron chi connectivity index (χ4n) is 8.77. The van der Waals surface area contributed by atoms with Crippen LogP contribution >= 0.6 is 0 Å². The van der Waals surface area contributed by atoms with Crippen molar-refractivity contribution in [3.05, 3.63) is 206 Å². The Morgan fingerprint density at radius 3 is 1.61 bits per heavy atom. The van der Waals surface area contributed by atoms with Crippen molar-refractivity contribution < 1.29 is 18.1 Å². The molecule has 3 nitrogen and oxygen atoms in total. The molecule has 0 aliphatic heterocycles. The predicted octanol–water partition coefficient (Wildman–Crippen LogP) is 14.8. The number of rotatable bonds is 5. The van der Waals surface area contributed by atoms with Gasteiger partial charge in [0.1, 0.15) is 11.2 Å². The molecule has 266 valence electrons. The van der Waals surface area contributed by atoms with Gasteiger partial charge in [-0.15, -0.1) is 0 Å². The van der Waals surface area contributed by atoms with E-state index in [1.165, 1.54) is 0 Å². The predicted molar refractivity (Wildman–Crippen MR) is 239 cm³/mol. The van der Waals surface area contributed by atoms with E-state index in [9.17, 15) is 0 Å². The third kappa shape index (κ3) is 4.79. The number of hydrogen-bond acceptors (Lipinski definition) is 1. The molecule has 0 atom stereocenters. The van der Waals surface area contributed by atoms with Gasteiger partial charge in [0.05, 0.1) is 35.8 Å². The van der Waals surface area contributed by atoms with Crippen LogP contribution < -0.4 is 0 Å². The first-order chi connectivity index (χ1) is 32.4. The van der Waals surface area contributed by atoms with Crippen molar-refractivity contribution in [1.82, 2.24) is 9.13 Å². The van der Waals surface area contributed by atoms with Crippen molar-refractivity contribution in [2.45, 2.75) is 0 Å². The van der Waals surface area contributed by atoms with E-state index in [0.717, 1.165) is 76.9 Å². The Morgan fingerprint density at radius 2 is 0.877 bits per heavy atom. The summed E-state index contributed by atoms with van der Waals surface area (Å²) in [6, 6.07) is 42.9. The van der Waals surface area contributed by atoms with E-state index in [1.54, 1.807) is 18.2 Å². The summed E-state index contributed by atoms with van der Waals surface area (Å²) in [6.45, 7) is 0. The highest BCUT2D eigenvalue weighted by molar-refractivity contribution is 6.19. The van der Waals surface area contributed by atoms with Gasteiger partial charge in [-0.3, -0.25) is 0 Å². The zero-order chi connectivity index (χ0) is 46.2. The molecule has 3 heterocycles. The van der Waals surface area contributed by atoms with E-state index < -0.39 is 60.4 Å².